The Balaban J connectivity index is 3.91. The van der Waals surface area contributed by atoms with E-state index in [4.69, 9.17) is 0 Å². The first-order valence-electron chi connectivity index (χ1n) is 6.60. The average molecular weight is 225 g/mol. The molecule has 0 rings (SSSR count). The third-order valence-electron chi connectivity index (χ3n) is 2.77. The van der Waals surface area contributed by atoms with Gasteiger partial charge in [-0.05, 0) is 25.7 Å². The van der Waals surface area contributed by atoms with Gasteiger partial charge in [0.1, 0.15) is 0 Å². The second-order valence-electron chi connectivity index (χ2n) is 4.34. The largest absolute Gasteiger partial charge is 0.342 e. The lowest BCUT2D eigenvalue weighted by Crippen LogP contribution is -2.32. The first-order chi connectivity index (χ1) is 7.65. The fourth-order valence-corrected chi connectivity index (χ4v) is 1.70. The average Bonchev–Trinajstić information content (AvgIpc) is 2.30. The predicted octanol–water partition coefficient (Wildman–Crippen LogP) is 3.77. The summed E-state index contributed by atoms with van der Waals surface area (Å²) in [6.07, 6.45) is 6.15. The van der Waals surface area contributed by atoms with Crippen molar-refractivity contribution in [2.45, 2.75) is 59.3 Å². The molecule has 0 radical (unpaired) electrons. The molecule has 0 aliphatic heterocycles. The van der Waals surface area contributed by atoms with Crippen LogP contribution >= 0.6 is 0 Å². The Bertz CT molecular complexity index is 211. The molecule has 0 spiro atoms. The Hall–Kier alpha value is -0.790. The molecule has 0 aliphatic carbocycles. The summed E-state index contributed by atoms with van der Waals surface area (Å²) < 4.78 is 0. The molecule has 0 aromatic heterocycles. The molecule has 0 aromatic rings. The van der Waals surface area contributed by atoms with Gasteiger partial charge < -0.3 is 4.90 Å². The summed E-state index contributed by atoms with van der Waals surface area (Å²) in [7, 11) is 0. The van der Waals surface area contributed by atoms with E-state index in [0.717, 1.165) is 32.4 Å². The number of amides is 1. The van der Waals surface area contributed by atoms with Crippen molar-refractivity contribution in [2.75, 3.05) is 13.1 Å². The molecule has 1 amide bonds. The molecule has 0 fully saturated rings. The van der Waals surface area contributed by atoms with E-state index in [2.05, 4.69) is 20.4 Å². The van der Waals surface area contributed by atoms with Gasteiger partial charge in [-0.1, -0.05) is 39.3 Å². The Labute approximate surface area is 101 Å². The number of carbonyl (C=O) groups is 1. The van der Waals surface area contributed by atoms with Gasteiger partial charge in [-0.2, -0.15) is 0 Å². The van der Waals surface area contributed by atoms with E-state index in [9.17, 15) is 4.79 Å². The number of rotatable bonds is 9. The zero-order valence-corrected chi connectivity index (χ0v) is 11.2. The molecule has 0 aliphatic rings. The minimum atomic E-state index is 0.269. The SMILES string of the molecule is C=C(CCCC)CCN(CCC)C(=O)CC. The molecule has 0 atom stereocenters. The van der Waals surface area contributed by atoms with Gasteiger partial charge in [0.15, 0.2) is 0 Å². The van der Waals surface area contributed by atoms with Gasteiger partial charge >= 0.3 is 0 Å². The minimum Gasteiger partial charge on any atom is -0.342 e. The number of carbonyl (C=O) groups excluding carboxylic acids is 1. The van der Waals surface area contributed by atoms with Crippen molar-refractivity contribution in [3.63, 3.8) is 0 Å². The van der Waals surface area contributed by atoms with Crippen molar-refractivity contribution >= 4 is 5.91 Å². The highest BCUT2D eigenvalue weighted by molar-refractivity contribution is 5.75. The molecule has 0 saturated heterocycles. The number of hydrogen-bond donors (Lipinski definition) is 0. The van der Waals surface area contributed by atoms with Gasteiger partial charge in [-0.15, -0.1) is 0 Å². The van der Waals surface area contributed by atoms with E-state index in [1.54, 1.807) is 0 Å². The lowest BCUT2D eigenvalue weighted by atomic mass is 10.1. The highest BCUT2D eigenvalue weighted by Crippen LogP contribution is 2.10. The predicted molar refractivity (Wildman–Crippen MR) is 70.4 cm³/mol. The monoisotopic (exact) mass is 225 g/mol. The maximum Gasteiger partial charge on any atom is 0.222 e. The summed E-state index contributed by atoms with van der Waals surface area (Å²) in [6, 6.07) is 0. The van der Waals surface area contributed by atoms with Crippen LogP contribution in [0.15, 0.2) is 12.2 Å². The topological polar surface area (TPSA) is 20.3 Å². The molecule has 2 nitrogen and oxygen atoms in total. The molecular formula is C14H27NO. The Kier molecular flexibility index (Phi) is 8.97. The van der Waals surface area contributed by atoms with Crippen LogP contribution in [0.2, 0.25) is 0 Å². The van der Waals surface area contributed by atoms with Gasteiger partial charge in [0.25, 0.3) is 0 Å². The fraction of sp³-hybridized carbons (Fsp3) is 0.786. The van der Waals surface area contributed by atoms with E-state index >= 15 is 0 Å². The van der Waals surface area contributed by atoms with Crippen LogP contribution in [0.5, 0.6) is 0 Å². The van der Waals surface area contributed by atoms with Crippen LogP contribution in [0, 0.1) is 0 Å². The minimum absolute atomic E-state index is 0.269. The number of hydrogen-bond acceptors (Lipinski definition) is 1. The van der Waals surface area contributed by atoms with Crippen LogP contribution in [0.4, 0.5) is 0 Å². The van der Waals surface area contributed by atoms with Gasteiger partial charge in [0.05, 0.1) is 0 Å². The first kappa shape index (κ1) is 15.2. The Morgan fingerprint density at radius 2 is 1.75 bits per heavy atom. The zero-order chi connectivity index (χ0) is 12.4. The molecule has 0 saturated carbocycles. The van der Waals surface area contributed by atoms with E-state index in [1.165, 1.54) is 18.4 Å². The smallest absolute Gasteiger partial charge is 0.222 e. The second-order valence-corrected chi connectivity index (χ2v) is 4.34. The first-order valence-corrected chi connectivity index (χ1v) is 6.60. The maximum absolute atomic E-state index is 11.6. The highest BCUT2D eigenvalue weighted by atomic mass is 16.2. The lowest BCUT2D eigenvalue weighted by molar-refractivity contribution is -0.130. The molecular weight excluding hydrogens is 198 g/mol. The third kappa shape index (κ3) is 6.65. The van der Waals surface area contributed by atoms with Crippen molar-refractivity contribution in [2.24, 2.45) is 0 Å². The third-order valence-corrected chi connectivity index (χ3v) is 2.77. The molecule has 0 aromatic carbocycles. The van der Waals surface area contributed by atoms with Crippen molar-refractivity contribution in [1.29, 1.82) is 0 Å². The van der Waals surface area contributed by atoms with E-state index in [1.807, 2.05) is 11.8 Å². The van der Waals surface area contributed by atoms with Gasteiger partial charge in [0, 0.05) is 19.5 Å². The lowest BCUT2D eigenvalue weighted by Gasteiger charge is -2.22. The molecule has 94 valence electrons. The van der Waals surface area contributed by atoms with Crippen molar-refractivity contribution in [3.05, 3.63) is 12.2 Å². The molecule has 0 N–H and O–H groups in total. The maximum atomic E-state index is 11.6. The van der Waals surface area contributed by atoms with Crippen LogP contribution in [0.1, 0.15) is 59.3 Å². The van der Waals surface area contributed by atoms with Crippen LogP contribution in [-0.2, 0) is 4.79 Å². The van der Waals surface area contributed by atoms with Crippen molar-refractivity contribution < 1.29 is 4.79 Å². The molecule has 2 heteroatoms. The molecule has 0 unspecified atom stereocenters. The Morgan fingerprint density at radius 1 is 1.06 bits per heavy atom. The summed E-state index contributed by atoms with van der Waals surface area (Å²) in [6.45, 7) is 12.0. The van der Waals surface area contributed by atoms with E-state index in [-0.39, 0.29) is 5.91 Å². The van der Waals surface area contributed by atoms with Gasteiger partial charge in [-0.25, -0.2) is 0 Å². The number of nitrogens with zero attached hydrogens (tertiary/aromatic N) is 1. The number of unbranched alkanes of at least 4 members (excludes halogenated alkanes) is 1. The highest BCUT2D eigenvalue weighted by Gasteiger charge is 2.09. The Morgan fingerprint density at radius 3 is 2.25 bits per heavy atom. The van der Waals surface area contributed by atoms with Crippen LogP contribution in [-0.4, -0.2) is 23.9 Å². The molecule has 0 bridgehead atoms. The zero-order valence-electron chi connectivity index (χ0n) is 11.2. The van der Waals surface area contributed by atoms with Crippen LogP contribution < -0.4 is 0 Å². The van der Waals surface area contributed by atoms with Gasteiger partial charge in [0.2, 0.25) is 5.91 Å². The summed E-state index contributed by atoms with van der Waals surface area (Å²) in [5.74, 6) is 0.269. The summed E-state index contributed by atoms with van der Waals surface area (Å²) in [5.41, 5.74) is 1.28. The normalized spacial score (nSPS) is 10.2. The van der Waals surface area contributed by atoms with Crippen LogP contribution in [0.25, 0.3) is 0 Å². The van der Waals surface area contributed by atoms with Crippen molar-refractivity contribution in [1.82, 2.24) is 4.90 Å². The van der Waals surface area contributed by atoms with Crippen molar-refractivity contribution in [3.8, 4) is 0 Å². The van der Waals surface area contributed by atoms with E-state index < -0.39 is 0 Å². The molecule has 16 heavy (non-hydrogen) atoms. The summed E-state index contributed by atoms with van der Waals surface area (Å²) in [4.78, 5) is 13.6. The standard InChI is InChI=1S/C14H27NO/c1-5-8-9-13(4)10-12-15(11-6-2)14(16)7-3/h4-12H2,1-3H3. The molecule has 0 heterocycles. The van der Waals surface area contributed by atoms with Gasteiger partial charge in [-0.3, -0.25) is 4.79 Å². The quantitative estimate of drug-likeness (QED) is 0.547. The van der Waals surface area contributed by atoms with Crippen LogP contribution in [0.3, 0.4) is 0 Å². The fourth-order valence-electron chi connectivity index (χ4n) is 1.70. The second kappa shape index (κ2) is 9.44. The summed E-state index contributed by atoms with van der Waals surface area (Å²) in [5, 5.41) is 0. The summed E-state index contributed by atoms with van der Waals surface area (Å²) >= 11 is 0. The van der Waals surface area contributed by atoms with E-state index in [0.29, 0.717) is 6.42 Å².